The van der Waals surface area contributed by atoms with Crippen molar-refractivity contribution in [3.63, 3.8) is 0 Å². The van der Waals surface area contributed by atoms with Gasteiger partial charge in [-0.2, -0.15) is 0 Å². The van der Waals surface area contributed by atoms with Gasteiger partial charge in [0.2, 0.25) is 0 Å². The zero-order chi connectivity index (χ0) is 50.0. The highest BCUT2D eigenvalue weighted by atomic mass is 16.7. The summed E-state index contributed by atoms with van der Waals surface area (Å²) in [6.07, 6.45) is -4.74. The van der Waals surface area contributed by atoms with Crippen LogP contribution < -0.4 is 0 Å². The lowest BCUT2D eigenvalue weighted by atomic mass is 9.68. The van der Waals surface area contributed by atoms with Crippen molar-refractivity contribution in [2.45, 2.75) is 192 Å². The number of nitrogens with zero attached hydrogens (tertiary/aromatic N) is 6. The summed E-state index contributed by atoms with van der Waals surface area (Å²) in [5, 5.41) is 69.9. The summed E-state index contributed by atoms with van der Waals surface area (Å²) in [4.78, 5) is 23.4. The first-order valence-electron chi connectivity index (χ1n) is 24.8. The Morgan fingerprint density at radius 3 is 2.34 bits per heavy atom. The smallest absolute Gasteiger partial charge is 0.309 e. The average molecular weight is 955 g/mol. The highest BCUT2D eigenvalue weighted by Gasteiger charge is 2.55. The van der Waals surface area contributed by atoms with Crippen LogP contribution in [0.1, 0.15) is 106 Å². The number of ether oxygens (including phenoxy) is 5. The Morgan fingerprint density at radius 1 is 0.941 bits per heavy atom. The molecule has 6 rings (SSSR count). The van der Waals surface area contributed by atoms with Crippen LogP contribution in [-0.2, 0) is 41.4 Å². The van der Waals surface area contributed by atoms with Gasteiger partial charge in [-0.15, -0.1) is 5.10 Å². The number of esters is 1. The standard InChI is InChI=1S/C51H82N6O11/c1-14-41-51(10,63)44(59)33(6)56(12)26-29(2)24-49(8,62)46(31(4)42(32(5)47(61)67-41)40-25-50(9,64-13)45(60)34(7)66-40)68-48-43(58)39(23-30(3)65-48)55(11)22-21-37-28-57(54-53-37)27-36-20-19-35-17-15-16-18-38(35)52-36/h15-20,28-34,39-46,48,58-60,62-63H,14,21-27H2,1-13H3/t29-,30-,31+,32-,33-,34+,39+,40-,41-,42?,43-,44-,45+,46-,48+,49-,50-,51-/m1/s1. The van der Waals surface area contributed by atoms with E-state index in [1.165, 1.54) is 14.0 Å². The minimum absolute atomic E-state index is 0.163. The van der Waals surface area contributed by atoms with Crippen LogP contribution in [0.15, 0.2) is 42.6 Å². The van der Waals surface area contributed by atoms with Gasteiger partial charge in [-0.25, -0.2) is 4.68 Å². The maximum absolute atomic E-state index is 14.6. The lowest BCUT2D eigenvalue weighted by molar-refractivity contribution is -0.302. The zero-order valence-electron chi connectivity index (χ0n) is 42.7. The van der Waals surface area contributed by atoms with Gasteiger partial charge in [-0.05, 0) is 98.9 Å². The number of carbonyl (C=O) groups is 1. The van der Waals surface area contributed by atoms with Crippen LogP contribution in [-0.4, -0.2) is 180 Å². The fraction of sp³-hybridized carbons (Fsp3) is 0.765. The van der Waals surface area contributed by atoms with Crippen molar-refractivity contribution in [3.8, 4) is 0 Å². The zero-order valence-corrected chi connectivity index (χ0v) is 42.7. The number of benzene rings is 1. The molecule has 17 heteroatoms. The molecule has 0 saturated carbocycles. The third kappa shape index (κ3) is 11.9. The highest BCUT2D eigenvalue weighted by molar-refractivity contribution is 5.78. The van der Waals surface area contributed by atoms with Gasteiger partial charge in [0.1, 0.15) is 30.0 Å². The molecule has 18 atom stereocenters. The Bertz CT molecular complexity index is 2110. The van der Waals surface area contributed by atoms with Gasteiger partial charge in [-0.3, -0.25) is 9.78 Å². The van der Waals surface area contributed by atoms with Crippen molar-refractivity contribution < 1.29 is 54.0 Å². The van der Waals surface area contributed by atoms with Crippen LogP contribution in [0.4, 0.5) is 0 Å². The molecule has 3 aliphatic rings. The van der Waals surface area contributed by atoms with Gasteiger partial charge < -0.3 is 59.0 Å². The molecule has 17 nitrogen and oxygen atoms in total. The van der Waals surface area contributed by atoms with Gasteiger partial charge in [0.15, 0.2) is 6.29 Å². The van der Waals surface area contributed by atoms with Crippen molar-refractivity contribution in [1.29, 1.82) is 0 Å². The predicted octanol–water partition coefficient (Wildman–Crippen LogP) is 3.98. The average Bonchev–Trinajstić information content (AvgIpc) is 3.74. The number of fused-ring (bicyclic) bond motifs is 1. The number of hydrogen-bond donors (Lipinski definition) is 5. The molecule has 3 aliphatic heterocycles. The van der Waals surface area contributed by atoms with Crippen LogP contribution in [0, 0.1) is 23.7 Å². The minimum atomic E-state index is -1.81. The van der Waals surface area contributed by atoms with Gasteiger partial charge in [-0.1, -0.05) is 57.2 Å². The summed E-state index contributed by atoms with van der Waals surface area (Å²) >= 11 is 0. The quantitative estimate of drug-likeness (QED) is 0.172. The Hall–Kier alpha value is -3.20. The van der Waals surface area contributed by atoms with Crippen LogP contribution in [0.3, 0.4) is 0 Å². The molecule has 0 amide bonds. The SMILES string of the molecule is CC[C@H]1OC(=O)[C@H](C)C([C@H]2C[C@@](C)(OC)[C@@H](O)[C@H](C)O2)[C@H](C)[C@@H](O[C@@H]2O[C@H](C)C[C@H](N(C)CCc3cn(Cc4ccc5ccccc5n4)nn3)[C@H]2O)[C@](C)(O)C[C@@H](C)CN(C)[C@H](C)[C@@H](O)[C@]1(C)O. The summed E-state index contributed by atoms with van der Waals surface area (Å²) in [7, 11) is 5.35. The van der Waals surface area contributed by atoms with E-state index < -0.39 is 102 Å². The first-order chi connectivity index (χ1) is 31.9. The minimum Gasteiger partial charge on any atom is -0.459 e. The molecule has 3 saturated heterocycles. The number of aromatic nitrogens is 4. The fourth-order valence-electron chi connectivity index (χ4n) is 11.6. The first-order valence-corrected chi connectivity index (χ1v) is 24.8. The topological polar surface area (TPSA) is 214 Å². The number of aliphatic hydroxyl groups excluding tert-OH is 3. The predicted molar refractivity (Wildman–Crippen MR) is 256 cm³/mol. The van der Waals surface area contributed by atoms with E-state index in [-0.39, 0.29) is 31.3 Å². The molecule has 1 unspecified atom stereocenters. The van der Waals surface area contributed by atoms with Crippen LogP contribution in [0.5, 0.6) is 0 Å². The van der Waals surface area contributed by atoms with Gasteiger partial charge >= 0.3 is 5.97 Å². The maximum atomic E-state index is 14.6. The lowest BCUT2D eigenvalue weighted by Gasteiger charge is -2.51. The van der Waals surface area contributed by atoms with E-state index in [2.05, 4.69) is 21.3 Å². The molecule has 0 bridgehead atoms. The summed E-state index contributed by atoms with van der Waals surface area (Å²) < 4.78 is 34.0. The van der Waals surface area contributed by atoms with Crippen molar-refractivity contribution in [2.24, 2.45) is 23.7 Å². The van der Waals surface area contributed by atoms with Gasteiger partial charge in [0, 0.05) is 62.6 Å². The number of para-hydroxylation sites is 1. The second-order valence-electron chi connectivity index (χ2n) is 21.4. The third-order valence-electron chi connectivity index (χ3n) is 15.7. The van der Waals surface area contributed by atoms with Crippen LogP contribution in [0.2, 0.25) is 0 Å². The van der Waals surface area contributed by atoms with E-state index in [1.54, 1.807) is 32.4 Å². The fourth-order valence-corrected chi connectivity index (χ4v) is 11.6. The molecule has 2 aromatic heterocycles. The van der Waals surface area contributed by atoms with Crippen LogP contribution in [0.25, 0.3) is 10.9 Å². The Kier molecular flexibility index (Phi) is 17.6. The first kappa shape index (κ1) is 54.1. The van der Waals surface area contributed by atoms with E-state index >= 15 is 0 Å². The number of methoxy groups -OCH3 is 1. The van der Waals surface area contributed by atoms with E-state index in [1.807, 2.05) is 90.1 Å². The number of pyridine rings is 1. The number of likely N-dealkylation sites (N-methyl/N-ethyl adjacent to an activating group) is 2. The van der Waals surface area contributed by atoms with Crippen molar-refractivity contribution >= 4 is 16.9 Å². The van der Waals surface area contributed by atoms with Gasteiger partial charge in [0.25, 0.3) is 0 Å². The number of rotatable bonds is 11. The Labute approximate surface area is 403 Å². The number of hydrogen-bond acceptors (Lipinski definition) is 16. The molecular formula is C51H82N6O11. The van der Waals surface area contributed by atoms with Crippen LogP contribution >= 0.6 is 0 Å². The second kappa shape index (κ2) is 22.1. The summed E-state index contributed by atoms with van der Waals surface area (Å²) in [6.45, 7) is 19.5. The largest absolute Gasteiger partial charge is 0.459 e. The molecule has 0 radical (unpaired) electrons. The molecule has 0 aliphatic carbocycles. The molecule has 3 fully saturated rings. The number of carbonyl (C=O) groups excluding carboxylic acids is 1. The van der Waals surface area contributed by atoms with E-state index in [0.29, 0.717) is 32.5 Å². The Morgan fingerprint density at radius 2 is 1.65 bits per heavy atom. The molecule has 0 spiro atoms. The molecule has 68 heavy (non-hydrogen) atoms. The number of aliphatic hydroxyl groups is 5. The molecule has 1 aromatic carbocycles. The lowest BCUT2D eigenvalue weighted by Crippen LogP contribution is -2.62. The normalized spacial score (nSPS) is 40.8. The Balaban J connectivity index is 1.28. The molecule has 5 heterocycles. The summed E-state index contributed by atoms with van der Waals surface area (Å²) in [5.41, 5.74) is -1.83. The van der Waals surface area contributed by atoms with Crippen molar-refractivity contribution in [3.05, 3.63) is 54.0 Å². The third-order valence-corrected chi connectivity index (χ3v) is 15.7. The molecule has 3 aromatic rings. The molecular weight excluding hydrogens is 873 g/mol. The number of cyclic esters (lactones) is 1. The van der Waals surface area contributed by atoms with Crippen molar-refractivity contribution in [1.82, 2.24) is 29.8 Å². The van der Waals surface area contributed by atoms with E-state index in [4.69, 9.17) is 28.7 Å². The maximum Gasteiger partial charge on any atom is 0.309 e. The molecule has 5 N–H and O–H groups in total. The highest BCUT2D eigenvalue weighted by Crippen LogP contribution is 2.45. The van der Waals surface area contributed by atoms with Gasteiger partial charge in [0.05, 0.1) is 65.0 Å². The molecule has 382 valence electrons. The monoisotopic (exact) mass is 955 g/mol. The summed E-state index contributed by atoms with van der Waals surface area (Å²) in [6, 6.07) is 11.1. The second-order valence-corrected chi connectivity index (χ2v) is 21.4. The van der Waals surface area contributed by atoms with E-state index in [0.717, 1.165) is 22.3 Å². The van der Waals surface area contributed by atoms with E-state index in [9.17, 15) is 30.3 Å². The summed E-state index contributed by atoms with van der Waals surface area (Å²) in [5.74, 6) is -3.09. The van der Waals surface area contributed by atoms with Crippen molar-refractivity contribution in [2.75, 3.05) is 34.3 Å².